The highest BCUT2D eigenvalue weighted by Gasteiger charge is 2.30. The molecule has 0 unspecified atom stereocenters. The molecule has 1 aromatic carbocycles. The highest BCUT2D eigenvalue weighted by atomic mass is 32.1. The van der Waals surface area contributed by atoms with E-state index in [1.807, 2.05) is 24.4 Å². The monoisotopic (exact) mass is 383 g/mol. The van der Waals surface area contributed by atoms with E-state index in [4.69, 9.17) is 14.2 Å². The highest BCUT2D eigenvalue weighted by Crippen LogP contribution is 2.46. The van der Waals surface area contributed by atoms with Crippen LogP contribution in [0, 0.1) is 0 Å². The molecule has 0 bridgehead atoms. The molecule has 0 spiro atoms. The fourth-order valence-corrected chi connectivity index (χ4v) is 4.34. The van der Waals surface area contributed by atoms with Gasteiger partial charge in [-0.25, -0.2) is 4.79 Å². The largest absolute Gasteiger partial charge is 0.497 e. The molecule has 0 atom stereocenters. The molecule has 6 heteroatoms. The number of rotatable bonds is 5. The van der Waals surface area contributed by atoms with E-state index in [0.29, 0.717) is 18.8 Å². The molecule has 3 aromatic rings. The van der Waals surface area contributed by atoms with Crippen molar-refractivity contribution in [1.82, 2.24) is 4.57 Å². The number of carbonyl (C=O) groups is 1. The standard InChI is InChI=1S/C21H21NO4S/c1-4-26-21(23)17-11-16(14-6-8-27-12-14)20-19-13(5-7-22(17)20)9-15(24-2)10-18(19)25-3/h6,8-12H,4-5,7H2,1-3H3. The van der Waals surface area contributed by atoms with Gasteiger partial charge in [0.1, 0.15) is 17.2 Å². The van der Waals surface area contributed by atoms with Crippen LogP contribution in [-0.4, -0.2) is 31.4 Å². The van der Waals surface area contributed by atoms with Gasteiger partial charge in [-0.05, 0) is 53.4 Å². The Hall–Kier alpha value is -2.73. The molecule has 0 radical (unpaired) electrons. The van der Waals surface area contributed by atoms with Crippen LogP contribution in [-0.2, 0) is 17.7 Å². The van der Waals surface area contributed by atoms with Gasteiger partial charge in [0.25, 0.3) is 0 Å². The lowest BCUT2D eigenvalue weighted by atomic mass is 9.93. The third-order valence-corrected chi connectivity index (χ3v) is 5.55. The summed E-state index contributed by atoms with van der Waals surface area (Å²) in [5.74, 6) is 1.22. The molecule has 3 heterocycles. The van der Waals surface area contributed by atoms with E-state index in [0.717, 1.165) is 45.9 Å². The first-order valence-corrected chi connectivity index (χ1v) is 9.80. The lowest BCUT2D eigenvalue weighted by molar-refractivity contribution is 0.0514. The van der Waals surface area contributed by atoms with E-state index >= 15 is 0 Å². The second-order valence-corrected chi connectivity index (χ2v) is 7.07. The number of carbonyl (C=O) groups excluding carboxylic acids is 1. The van der Waals surface area contributed by atoms with Gasteiger partial charge in [0.15, 0.2) is 0 Å². The zero-order valence-corrected chi connectivity index (χ0v) is 16.4. The van der Waals surface area contributed by atoms with Crippen molar-refractivity contribution in [2.24, 2.45) is 0 Å². The minimum Gasteiger partial charge on any atom is -0.497 e. The fraction of sp³-hybridized carbons (Fsp3) is 0.286. The summed E-state index contributed by atoms with van der Waals surface area (Å²) >= 11 is 1.63. The summed E-state index contributed by atoms with van der Waals surface area (Å²) < 4.78 is 18.5. The number of esters is 1. The van der Waals surface area contributed by atoms with Gasteiger partial charge in [-0.2, -0.15) is 11.3 Å². The molecule has 1 aliphatic rings. The van der Waals surface area contributed by atoms with Gasteiger partial charge >= 0.3 is 5.97 Å². The van der Waals surface area contributed by atoms with E-state index in [-0.39, 0.29) is 5.97 Å². The molecule has 0 aliphatic carbocycles. The van der Waals surface area contributed by atoms with E-state index < -0.39 is 0 Å². The first kappa shape index (κ1) is 17.7. The summed E-state index contributed by atoms with van der Waals surface area (Å²) in [6, 6.07) is 7.95. The number of nitrogens with zero attached hydrogens (tertiary/aromatic N) is 1. The number of ether oxygens (including phenoxy) is 3. The van der Waals surface area contributed by atoms with Crippen molar-refractivity contribution in [2.75, 3.05) is 20.8 Å². The van der Waals surface area contributed by atoms with E-state index in [2.05, 4.69) is 22.1 Å². The molecule has 2 aromatic heterocycles. The second kappa shape index (κ2) is 7.12. The predicted octanol–water partition coefficient (Wildman–Crippen LogP) is 4.63. The number of hydrogen-bond acceptors (Lipinski definition) is 5. The molecule has 1 aliphatic heterocycles. The second-order valence-electron chi connectivity index (χ2n) is 6.29. The molecule has 0 saturated carbocycles. The van der Waals surface area contributed by atoms with Crippen LogP contribution in [0.5, 0.6) is 11.5 Å². The Morgan fingerprint density at radius 3 is 2.74 bits per heavy atom. The van der Waals surface area contributed by atoms with Crippen molar-refractivity contribution < 1.29 is 19.0 Å². The molecular weight excluding hydrogens is 362 g/mol. The van der Waals surface area contributed by atoms with Crippen LogP contribution in [0.25, 0.3) is 22.4 Å². The SMILES string of the molecule is CCOC(=O)c1cc(-c2ccsc2)c2n1CCc1cc(OC)cc(OC)c1-2. The van der Waals surface area contributed by atoms with E-state index in [9.17, 15) is 4.79 Å². The Kier molecular flexibility index (Phi) is 4.66. The molecule has 27 heavy (non-hydrogen) atoms. The minimum absolute atomic E-state index is 0.295. The van der Waals surface area contributed by atoms with Gasteiger partial charge < -0.3 is 18.8 Å². The first-order valence-electron chi connectivity index (χ1n) is 8.86. The van der Waals surface area contributed by atoms with Crippen molar-refractivity contribution in [2.45, 2.75) is 19.9 Å². The molecule has 0 amide bonds. The molecule has 140 valence electrons. The van der Waals surface area contributed by atoms with Crippen LogP contribution >= 0.6 is 11.3 Å². The van der Waals surface area contributed by atoms with Crippen molar-refractivity contribution in [1.29, 1.82) is 0 Å². The summed E-state index contributed by atoms with van der Waals surface area (Å²) in [6.45, 7) is 2.88. The summed E-state index contributed by atoms with van der Waals surface area (Å²) in [7, 11) is 3.32. The Morgan fingerprint density at radius 2 is 2.07 bits per heavy atom. The highest BCUT2D eigenvalue weighted by molar-refractivity contribution is 7.08. The molecular formula is C21H21NO4S. The number of benzene rings is 1. The molecule has 0 saturated heterocycles. The topological polar surface area (TPSA) is 49.7 Å². The first-order chi connectivity index (χ1) is 13.2. The Morgan fingerprint density at radius 1 is 1.22 bits per heavy atom. The summed E-state index contributed by atoms with van der Waals surface area (Å²) in [6.07, 6.45) is 0.792. The van der Waals surface area contributed by atoms with E-state index in [1.165, 1.54) is 0 Å². The molecule has 0 N–H and O–H groups in total. The van der Waals surface area contributed by atoms with Crippen LogP contribution in [0.15, 0.2) is 35.0 Å². The quantitative estimate of drug-likeness (QED) is 0.603. The zero-order chi connectivity index (χ0) is 19.0. The summed E-state index contributed by atoms with van der Waals surface area (Å²) in [5.41, 5.74) is 5.85. The van der Waals surface area contributed by atoms with E-state index in [1.54, 1.807) is 25.6 Å². The van der Waals surface area contributed by atoms with Gasteiger partial charge in [-0.15, -0.1) is 0 Å². The normalized spacial score (nSPS) is 12.3. The van der Waals surface area contributed by atoms with Crippen LogP contribution in [0.4, 0.5) is 0 Å². The third-order valence-electron chi connectivity index (χ3n) is 4.87. The molecule has 4 rings (SSSR count). The zero-order valence-electron chi connectivity index (χ0n) is 15.6. The van der Waals surface area contributed by atoms with Crippen LogP contribution in [0.3, 0.4) is 0 Å². The summed E-state index contributed by atoms with van der Waals surface area (Å²) in [4.78, 5) is 12.6. The van der Waals surface area contributed by atoms with Gasteiger partial charge in [-0.3, -0.25) is 0 Å². The minimum atomic E-state index is -0.295. The number of hydrogen-bond donors (Lipinski definition) is 0. The lowest BCUT2D eigenvalue weighted by Gasteiger charge is -2.24. The van der Waals surface area contributed by atoms with Crippen LogP contribution < -0.4 is 9.47 Å². The maximum absolute atomic E-state index is 12.6. The smallest absolute Gasteiger partial charge is 0.354 e. The van der Waals surface area contributed by atoms with Crippen LogP contribution in [0.2, 0.25) is 0 Å². The fourth-order valence-electron chi connectivity index (χ4n) is 3.68. The van der Waals surface area contributed by atoms with Crippen molar-refractivity contribution >= 4 is 17.3 Å². The summed E-state index contributed by atoms with van der Waals surface area (Å²) in [5, 5.41) is 4.13. The van der Waals surface area contributed by atoms with Gasteiger partial charge in [-0.1, -0.05) is 0 Å². The number of methoxy groups -OCH3 is 2. The average Bonchev–Trinajstić information content (AvgIpc) is 3.34. The van der Waals surface area contributed by atoms with Gasteiger partial charge in [0.05, 0.1) is 26.5 Å². The maximum atomic E-state index is 12.6. The number of thiophene rings is 1. The van der Waals surface area contributed by atoms with Crippen molar-refractivity contribution in [3.05, 3.63) is 46.3 Å². The van der Waals surface area contributed by atoms with Crippen molar-refractivity contribution in [3.63, 3.8) is 0 Å². The predicted molar refractivity (Wildman–Crippen MR) is 106 cm³/mol. The van der Waals surface area contributed by atoms with Crippen LogP contribution in [0.1, 0.15) is 23.0 Å². The lowest BCUT2D eigenvalue weighted by Crippen LogP contribution is -2.18. The molecule has 0 fully saturated rings. The van der Waals surface area contributed by atoms with Gasteiger partial charge in [0, 0.05) is 23.7 Å². The Labute approximate surface area is 162 Å². The average molecular weight is 383 g/mol. The van der Waals surface area contributed by atoms with Crippen molar-refractivity contribution in [3.8, 4) is 33.9 Å². The number of aromatic nitrogens is 1. The third kappa shape index (κ3) is 2.90. The number of aryl methyl sites for hydroxylation is 1. The van der Waals surface area contributed by atoms with Gasteiger partial charge in [0.2, 0.25) is 0 Å². The number of fused-ring (bicyclic) bond motifs is 3. The molecule has 5 nitrogen and oxygen atoms in total. The Balaban J connectivity index is 2.00. The Bertz CT molecular complexity index is 971. The maximum Gasteiger partial charge on any atom is 0.354 e.